The Kier molecular flexibility index (Phi) is 2.46. The summed E-state index contributed by atoms with van der Waals surface area (Å²) in [5.74, 6) is -0.718. The molecule has 0 saturated heterocycles. The van der Waals surface area contributed by atoms with Crippen LogP contribution in [0.2, 0.25) is 0 Å². The molecule has 0 saturated carbocycles. The van der Waals surface area contributed by atoms with E-state index in [2.05, 4.69) is 14.7 Å². The molecule has 0 amide bonds. The molecular weight excluding hydrogens is 172 g/mol. The van der Waals surface area contributed by atoms with Gasteiger partial charge in [-0.3, -0.25) is 4.79 Å². The van der Waals surface area contributed by atoms with E-state index in [-0.39, 0.29) is 5.69 Å². The zero-order chi connectivity index (χ0) is 10.0. The van der Waals surface area contributed by atoms with Crippen molar-refractivity contribution in [3.05, 3.63) is 27.4 Å². The first-order chi connectivity index (χ1) is 6.06. The number of aryl methyl sites for hydroxylation is 2. The maximum atomic E-state index is 11.2. The molecule has 5 heteroatoms. The van der Waals surface area contributed by atoms with E-state index >= 15 is 0 Å². The molecule has 1 rings (SSSR count). The molecule has 0 spiro atoms. The van der Waals surface area contributed by atoms with E-state index in [1.165, 1.54) is 7.11 Å². The second-order valence-corrected chi connectivity index (χ2v) is 2.62. The van der Waals surface area contributed by atoms with Crippen molar-refractivity contribution in [3.63, 3.8) is 0 Å². The van der Waals surface area contributed by atoms with Gasteiger partial charge in [0.05, 0.1) is 12.8 Å². The average Bonchev–Trinajstić information content (AvgIpc) is 2.10. The van der Waals surface area contributed by atoms with E-state index in [0.29, 0.717) is 11.4 Å². The molecule has 1 aromatic rings. The summed E-state index contributed by atoms with van der Waals surface area (Å²) in [6, 6.07) is 0. The lowest BCUT2D eigenvalue weighted by Gasteiger charge is -2.01. The SMILES string of the molecule is COC(=O)c1nc(C)c(C)[nH]c1=O. The van der Waals surface area contributed by atoms with Gasteiger partial charge in [-0.05, 0) is 13.8 Å². The molecule has 1 N–H and O–H groups in total. The van der Waals surface area contributed by atoms with E-state index in [1.807, 2.05) is 0 Å². The summed E-state index contributed by atoms with van der Waals surface area (Å²) in [6.07, 6.45) is 0. The number of rotatable bonds is 1. The van der Waals surface area contributed by atoms with Crippen molar-refractivity contribution in [2.75, 3.05) is 7.11 Å². The quantitative estimate of drug-likeness (QED) is 0.628. The number of ether oxygens (including phenoxy) is 1. The normalized spacial score (nSPS) is 9.77. The minimum atomic E-state index is -0.718. The highest BCUT2D eigenvalue weighted by atomic mass is 16.5. The Labute approximate surface area is 74.8 Å². The van der Waals surface area contributed by atoms with Crippen LogP contribution in [0.5, 0.6) is 0 Å². The van der Waals surface area contributed by atoms with Gasteiger partial charge < -0.3 is 9.72 Å². The molecule has 0 radical (unpaired) electrons. The molecule has 0 unspecified atom stereocenters. The summed E-state index contributed by atoms with van der Waals surface area (Å²) in [5.41, 5.74) is 0.540. The summed E-state index contributed by atoms with van der Waals surface area (Å²) in [5, 5.41) is 0. The van der Waals surface area contributed by atoms with E-state index < -0.39 is 11.5 Å². The zero-order valence-corrected chi connectivity index (χ0v) is 7.67. The van der Waals surface area contributed by atoms with Gasteiger partial charge in [0, 0.05) is 5.69 Å². The highest BCUT2D eigenvalue weighted by Gasteiger charge is 2.13. The third-order valence-electron chi connectivity index (χ3n) is 1.72. The summed E-state index contributed by atoms with van der Waals surface area (Å²) < 4.78 is 4.39. The van der Waals surface area contributed by atoms with Crippen LogP contribution >= 0.6 is 0 Å². The summed E-state index contributed by atoms with van der Waals surface area (Å²) in [7, 11) is 1.21. The minimum Gasteiger partial charge on any atom is -0.464 e. The highest BCUT2D eigenvalue weighted by molar-refractivity contribution is 5.86. The standard InChI is InChI=1S/C8H10N2O3/c1-4-5(2)10-7(11)6(9-4)8(12)13-3/h1-3H3,(H,10,11). The average molecular weight is 182 g/mol. The van der Waals surface area contributed by atoms with Gasteiger partial charge in [0.15, 0.2) is 0 Å². The van der Waals surface area contributed by atoms with Crippen molar-refractivity contribution in [2.45, 2.75) is 13.8 Å². The second-order valence-electron chi connectivity index (χ2n) is 2.62. The van der Waals surface area contributed by atoms with Gasteiger partial charge in [0.1, 0.15) is 0 Å². The van der Waals surface area contributed by atoms with Crippen LogP contribution < -0.4 is 5.56 Å². The number of aromatic amines is 1. The van der Waals surface area contributed by atoms with Gasteiger partial charge in [0.2, 0.25) is 5.69 Å². The van der Waals surface area contributed by atoms with Crippen LogP contribution in [0.4, 0.5) is 0 Å². The zero-order valence-electron chi connectivity index (χ0n) is 7.67. The molecule has 5 nitrogen and oxygen atoms in total. The smallest absolute Gasteiger partial charge is 0.362 e. The Hall–Kier alpha value is -1.65. The van der Waals surface area contributed by atoms with Gasteiger partial charge in [0.25, 0.3) is 5.56 Å². The maximum Gasteiger partial charge on any atom is 0.362 e. The fourth-order valence-electron chi connectivity index (χ4n) is 0.857. The Bertz CT molecular complexity index is 395. The van der Waals surface area contributed by atoms with E-state index in [9.17, 15) is 9.59 Å². The van der Waals surface area contributed by atoms with Crippen molar-refractivity contribution < 1.29 is 9.53 Å². The number of H-pyrrole nitrogens is 1. The molecule has 1 aromatic heterocycles. The number of esters is 1. The van der Waals surface area contributed by atoms with Gasteiger partial charge in [-0.25, -0.2) is 9.78 Å². The number of nitrogens with zero attached hydrogens (tertiary/aromatic N) is 1. The van der Waals surface area contributed by atoms with Crippen LogP contribution in [0.3, 0.4) is 0 Å². The van der Waals surface area contributed by atoms with Crippen molar-refractivity contribution >= 4 is 5.97 Å². The van der Waals surface area contributed by atoms with Gasteiger partial charge >= 0.3 is 5.97 Å². The van der Waals surface area contributed by atoms with Crippen LogP contribution in [0.25, 0.3) is 0 Å². The first kappa shape index (κ1) is 9.44. The monoisotopic (exact) mass is 182 g/mol. The molecule has 0 fully saturated rings. The summed E-state index contributed by atoms with van der Waals surface area (Å²) in [4.78, 5) is 28.5. The van der Waals surface area contributed by atoms with E-state index in [4.69, 9.17) is 0 Å². The summed E-state index contributed by atoms with van der Waals surface area (Å²) in [6.45, 7) is 3.42. The third-order valence-corrected chi connectivity index (χ3v) is 1.72. The number of carbonyl (C=O) groups excluding carboxylic acids is 1. The Morgan fingerprint density at radius 2 is 2.08 bits per heavy atom. The number of hydrogen-bond acceptors (Lipinski definition) is 4. The predicted octanol–water partition coefficient (Wildman–Crippen LogP) is 0.173. The van der Waals surface area contributed by atoms with Gasteiger partial charge in [-0.1, -0.05) is 0 Å². The lowest BCUT2D eigenvalue weighted by atomic mass is 10.3. The van der Waals surface area contributed by atoms with Crippen LogP contribution in [0.1, 0.15) is 21.9 Å². The minimum absolute atomic E-state index is 0.203. The summed E-state index contributed by atoms with van der Waals surface area (Å²) >= 11 is 0. The molecular formula is C8H10N2O3. The Morgan fingerprint density at radius 1 is 1.46 bits per heavy atom. The molecule has 0 aliphatic carbocycles. The van der Waals surface area contributed by atoms with Gasteiger partial charge in [-0.15, -0.1) is 0 Å². The van der Waals surface area contributed by atoms with Crippen molar-refractivity contribution in [3.8, 4) is 0 Å². The molecule has 13 heavy (non-hydrogen) atoms. The molecule has 0 bridgehead atoms. The van der Waals surface area contributed by atoms with Crippen molar-refractivity contribution in [1.82, 2.24) is 9.97 Å². The van der Waals surface area contributed by atoms with E-state index in [0.717, 1.165) is 0 Å². The van der Waals surface area contributed by atoms with Crippen molar-refractivity contribution in [1.29, 1.82) is 0 Å². The van der Waals surface area contributed by atoms with Crippen LogP contribution in [0, 0.1) is 13.8 Å². The first-order valence-electron chi connectivity index (χ1n) is 3.72. The molecule has 70 valence electrons. The first-order valence-corrected chi connectivity index (χ1v) is 3.72. The fraction of sp³-hybridized carbons (Fsp3) is 0.375. The van der Waals surface area contributed by atoms with Crippen LogP contribution in [-0.2, 0) is 4.74 Å². The van der Waals surface area contributed by atoms with Gasteiger partial charge in [-0.2, -0.15) is 0 Å². The number of carbonyl (C=O) groups is 1. The number of nitrogens with one attached hydrogen (secondary N) is 1. The lowest BCUT2D eigenvalue weighted by Crippen LogP contribution is -2.22. The second kappa shape index (κ2) is 3.38. The highest BCUT2D eigenvalue weighted by Crippen LogP contribution is 1.97. The van der Waals surface area contributed by atoms with E-state index in [1.54, 1.807) is 13.8 Å². The van der Waals surface area contributed by atoms with Crippen molar-refractivity contribution in [2.24, 2.45) is 0 Å². The molecule has 0 aliphatic rings. The molecule has 1 heterocycles. The number of methoxy groups -OCH3 is 1. The third kappa shape index (κ3) is 1.74. The molecule has 0 aromatic carbocycles. The topological polar surface area (TPSA) is 72.0 Å². The van der Waals surface area contributed by atoms with Crippen LogP contribution in [0.15, 0.2) is 4.79 Å². The maximum absolute atomic E-state index is 11.2. The predicted molar refractivity (Wildman–Crippen MR) is 45.7 cm³/mol. The number of aromatic nitrogens is 2. The number of hydrogen-bond donors (Lipinski definition) is 1. The molecule has 0 aliphatic heterocycles. The Morgan fingerprint density at radius 3 is 2.62 bits per heavy atom. The Balaban J connectivity index is 3.32. The lowest BCUT2D eigenvalue weighted by molar-refractivity contribution is 0.0591. The molecule has 0 atom stereocenters. The largest absolute Gasteiger partial charge is 0.464 e. The fourth-order valence-corrected chi connectivity index (χ4v) is 0.857. The van der Waals surface area contributed by atoms with Crippen LogP contribution in [-0.4, -0.2) is 23.0 Å².